The van der Waals surface area contributed by atoms with Gasteiger partial charge in [-0.05, 0) is 62.0 Å². The van der Waals surface area contributed by atoms with Gasteiger partial charge in [0.2, 0.25) is 0 Å². The molecule has 2 aromatic rings. The Morgan fingerprint density at radius 2 is 1.73 bits per heavy atom. The number of benzene rings is 2. The van der Waals surface area contributed by atoms with E-state index >= 15 is 0 Å². The molecule has 140 valence electrons. The molecular formula is C20H22F3NO2. The summed E-state index contributed by atoms with van der Waals surface area (Å²) in [5, 5.41) is 3.26. The molecule has 2 aromatic carbocycles. The lowest BCUT2D eigenvalue weighted by Gasteiger charge is -2.23. The van der Waals surface area contributed by atoms with Gasteiger partial charge in [-0.25, -0.2) is 0 Å². The summed E-state index contributed by atoms with van der Waals surface area (Å²) in [5.41, 5.74) is 2.80. The van der Waals surface area contributed by atoms with Crippen LogP contribution in [0.1, 0.15) is 18.4 Å². The first kappa shape index (κ1) is 18.6. The molecule has 0 spiro atoms. The highest BCUT2D eigenvalue weighted by atomic mass is 19.4. The standard InChI is InChI=1S/C20H22F3NO2/c1-14-3-2-4-16(11-14)17-5-6-18(26-20(21,22)23)19(12-17)25-13-15-7-9-24-10-8-15/h2-6,11-12,15,24H,7-10,13H2,1H3. The summed E-state index contributed by atoms with van der Waals surface area (Å²) >= 11 is 0. The Bertz CT molecular complexity index is 740. The van der Waals surface area contributed by atoms with Crippen molar-refractivity contribution < 1.29 is 22.6 Å². The maximum absolute atomic E-state index is 12.7. The number of nitrogens with one attached hydrogen (secondary N) is 1. The molecule has 1 N–H and O–H groups in total. The maximum Gasteiger partial charge on any atom is 0.573 e. The second-order valence-corrected chi connectivity index (χ2v) is 6.58. The van der Waals surface area contributed by atoms with Gasteiger partial charge in [-0.15, -0.1) is 13.2 Å². The largest absolute Gasteiger partial charge is 0.573 e. The van der Waals surface area contributed by atoms with E-state index in [1.807, 2.05) is 31.2 Å². The molecule has 0 atom stereocenters. The van der Waals surface area contributed by atoms with Gasteiger partial charge in [-0.1, -0.05) is 35.9 Å². The van der Waals surface area contributed by atoms with E-state index in [4.69, 9.17) is 4.74 Å². The van der Waals surface area contributed by atoms with Crippen molar-refractivity contribution in [2.45, 2.75) is 26.1 Å². The van der Waals surface area contributed by atoms with Crippen LogP contribution >= 0.6 is 0 Å². The average Bonchev–Trinajstić information content (AvgIpc) is 2.60. The summed E-state index contributed by atoms with van der Waals surface area (Å²) in [5.74, 6) is 0.153. The third-order valence-corrected chi connectivity index (χ3v) is 4.45. The zero-order valence-electron chi connectivity index (χ0n) is 14.6. The fourth-order valence-corrected chi connectivity index (χ4v) is 3.09. The fraction of sp³-hybridized carbons (Fsp3) is 0.400. The second-order valence-electron chi connectivity index (χ2n) is 6.58. The molecule has 3 nitrogen and oxygen atoms in total. The molecule has 1 heterocycles. The van der Waals surface area contributed by atoms with Gasteiger partial charge in [0.1, 0.15) is 0 Å². The van der Waals surface area contributed by atoms with E-state index in [2.05, 4.69) is 10.1 Å². The lowest BCUT2D eigenvalue weighted by molar-refractivity contribution is -0.275. The van der Waals surface area contributed by atoms with E-state index < -0.39 is 6.36 Å². The molecule has 1 aliphatic rings. The van der Waals surface area contributed by atoms with Crippen molar-refractivity contribution in [3.05, 3.63) is 48.0 Å². The van der Waals surface area contributed by atoms with Crippen LogP contribution in [0.15, 0.2) is 42.5 Å². The van der Waals surface area contributed by atoms with Crippen LogP contribution in [0.4, 0.5) is 13.2 Å². The Labute approximate surface area is 151 Å². The predicted octanol–water partition coefficient (Wildman–Crippen LogP) is 4.94. The van der Waals surface area contributed by atoms with Crippen molar-refractivity contribution in [3.8, 4) is 22.6 Å². The van der Waals surface area contributed by atoms with Crippen molar-refractivity contribution in [3.63, 3.8) is 0 Å². The Morgan fingerprint density at radius 3 is 2.42 bits per heavy atom. The maximum atomic E-state index is 12.7. The van der Waals surface area contributed by atoms with Gasteiger partial charge in [0.15, 0.2) is 11.5 Å². The second kappa shape index (κ2) is 7.99. The molecule has 0 aliphatic carbocycles. The molecule has 6 heteroatoms. The number of piperidine rings is 1. The summed E-state index contributed by atoms with van der Waals surface area (Å²) in [6, 6.07) is 12.4. The Hall–Kier alpha value is -2.21. The number of ether oxygens (including phenoxy) is 2. The summed E-state index contributed by atoms with van der Waals surface area (Å²) in [6.45, 7) is 4.17. The number of hydrogen-bond donors (Lipinski definition) is 1. The molecule has 1 saturated heterocycles. The predicted molar refractivity (Wildman–Crippen MR) is 94.4 cm³/mol. The third kappa shape index (κ3) is 5.14. The van der Waals surface area contributed by atoms with E-state index in [1.54, 1.807) is 12.1 Å². The van der Waals surface area contributed by atoms with Crippen LogP contribution < -0.4 is 14.8 Å². The van der Waals surface area contributed by atoms with Gasteiger partial charge < -0.3 is 14.8 Å². The minimum atomic E-state index is -4.75. The first-order chi connectivity index (χ1) is 12.4. The van der Waals surface area contributed by atoms with Crippen molar-refractivity contribution >= 4 is 0 Å². The molecule has 0 unspecified atom stereocenters. The first-order valence-corrected chi connectivity index (χ1v) is 8.71. The van der Waals surface area contributed by atoms with Crippen LogP contribution in [-0.2, 0) is 0 Å². The molecule has 0 radical (unpaired) electrons. The van der Waals surface area contributed by atoms with Crippen LogP contribution in [-0.4, -0.2) is 26.1 Å². The number of hydrogen-bond acceptors (Lipinski definition) is 3. The topological polar surface area (TPSA) is 30.5 Å². The number of halogens is 3. The molecule has 0 aromatic heterocycles. The summed E-state index contributed by atoms with van der Waals surface area (Å²) in [7, 11) is 0. The molecule has 1 aliphatic heterocycles. The van der Waals surface area contributed by atoms with Crippen LogP contribution in [0.25, 0.3) is 11.1 Å². The van der Waals surface area contributed by atoms with Crippen LogP contribution in [0, 0.1) is 12.8 Å². The average molecular weight is 365 g/mol. The lowest BCUT2D eigenvalue weighted by atomic mass is 9.99. The van der Waals surface area contributed by atoms with Gasteiger partial charge in [0, 0.05) is 0 Å². The van der Waals surface area contributed by atoms with Crippen molar-refractivity contribution in [1.82, 2.24) is 5.32 Å². The highest BCUT2D eigenvalue weighted by molar-refractivity contribution is 5.67. The van der Waals surface area contributed by atoms with Crippen molar-refractivity contribution in [2.24, 2.45) is 5.92 Å². The fourth-order valence-electron chi connectivity index (χ4n) is 3.09. The van der Waals surface area contributed by atoms with Crippen molar-refractivity contribution in [2.75, 3.05) is 19.7 Å². The molecule has 0 amide bonds. The zero-order chi connectivity index (χ0) is 18.6. The van der Waals surface area contributed by atoms with E-state index in [0.717, 1.165) is 42.6 Å². The van der Waals surface area contributed by atoms with Gasteiger partial charge in [-0.2, -0.15) is 0 Å². The van der Waals surface area contributed by atoms with Gasteiger partial charge >= 0.3 is 6.36 Å². The molecule has 26 heavy (non-hydrogen) atoms. The first-order valence-electron chi connectivity index (χ1n) is 8.71. The third-order valence-electron chi connectivity index (χ3n) is 4.45. The Morgan fingerprint density at radius 1 is 1.00 bits per heavy atom. The van der Waals surface area contributed by atoms with Gasteiger partial charge in [-0.3, -0.25) is 0 Å². The monoisotopic (exact) mass is 365 g/mol. The summed E-state index contributed by atoms with van der Waals surface area (Å²) < 4.78 is 48.0. The molecule has 0 saturated carbocycles. The molecule has 0 bridgehead atoms. The Kier molecular flexibility index (Phi) is 5.71. The summed E-state index contributed by atoms with van der Waals surface area (Å²) in [4.78, 5) is 0. The normalized spacial score (nSPS) is 15.7. The van der Waals surface area contributed by atoms with E-state index in [-0.39, 0.29) is 11.5 Å². The number of rotatable bonds is 5. The summed E-state index contributed by atoms with van der Waals surface area (Å²) in [6.07, 6.45) is -2.85. The number of alkyl halides is 3. The van der Waals surface area contributed by atoms with Gasteiger partial charge in [0.25, 0.3) is 0 Å². The van der Waals surface area contributed by atoms with E-state index in [1.165, 1.54) is 6.07 Å². The quantitative estimate of drug-likeness (QED) is 0.814. The molecule has 1 fully saturated rings. The lowest BCUT2D eigenvalue weighted by Crippen LogP contribution is -2.30. The van der Waals surface area contributed by atoms with E-state index in [9.17, 15) is 13.2 Å². The van der Waals surface area contributed by atoms with Crippen LogP contribution in [0.3, 0.4) is 0 Å². The van der Waals surface area contributed by atoms with Crippen LogP contribution in [0.2, 0.25) is 0 Å². The highest BCUT2D eigenvalue weighted by Gasteiger charge is 2.32. The SMILES string of the molecule is Cc1cccc(-c2ccc(OC(F)(F)F)c(OCC3CCNCC3)c2)c1. The zero-order valence-corrected chi connectivity index (χ0v) is 14.6. The van der Waals surface area contributed by atoms with Crippen molar-refractivity contribution in [1.29, 1.82) is 0 Å². The van der Waals surface area contributed by atoms with Gasteiger partial charge in [0.05, 0.1) is 6.61 Å². The highest BCUT2D eigenvalue weighted by Crippen LogP contribution is 2.36. The number of aryl methyl sites for hydroxylation is 1. The smallest absolute Gasteiger partial charge is 0.489 e. The molecular weight excluding hydrogens is 343 g/mol. The minimum absolute atomic E-state index is 0.125. The van der Waals surface area contributed by atoms with Crippen LogP contribution in [0.5, 0.6) is 11.5 Å². The minimum Gasteiger partial charge on any atom is -0.489 e. The Balaban J connectivity index is 1.84. The van der Waals surface area contributed by atoms with E-state index in [0.29, 0.717) is 12.5 Å². The molecule has 3 rings (SSSR count).